The van der Waals surface area contributed by atoms with Gasteiger partial charge in [0.1, 0.15) is 0 Å². The summed E-state index contributed by atoms with van der Waals surface area (Å²) in [5, 5.41) is 7.01. The predicted octanol–water partition coefficient (Wildman–Crippen LogP) is 4.49. The molecular formula is C21H21F2N3O3. The number of ether oxygens (including phenoxy) is 2. The number of nitrogens with one attached hydrogen (secondary N) is 1. The summed E-state index contributed by atoms with van der Waals surface area (Å²) < 4.78 is 36.5. The molecule has 0 unspecified atom stereocenters. The maximum Gasteiger partial charge on any atom is 0.387 e. The number of amides is 1. The van der Waals surface area contributed by atoms with Crippen LogP contribution in [0.25, 0.3) is 0 Å². The molecule has 0 aliphatic carbocycles. The number of halogens is 2. The van der Waals surface area contributed by atoms with Crippen molar-refractivity contribution < 1.29 is 23.0 Å². The molecule has 0 saturated heterocycles. The molecule has 3 rings (SSSR count). The van der Waals surface area contributed by atoms with Crippen molar-refractivity contribution in [1.29, 1.82) is 0 Å². The van der Waals surface area contributed by atoms with Gasteiger partial charge in [-0.2, -0.15) is 13.9 Å². The van der Waals surface area contributed by atoms with Crippen molar-refractivity contribution in [3.63, 3.8) is 0 Å². The number of hydrogen-bond acceptors (Lipinski definition) is 4. The zero-order chi connectivity index (χ0) is 20.8. The minimum Gasteiger partial charge on any atom is -0.490 e. The fourth-order valence-corrected chi connectivity index (χ4v) is 2.79. The molecule has 152 valence electrons. The van der Waals surface area contributed by atoms with Gasteiger partial charge in [-0.25, -0.2) is 0 Å². The van der Waals surface area contributed by atoms with Gasteiger partial charge in [-0.05, 0) is 43.2 Å². The summed E-state index contributed by atoms with van der Waals surface area (Å²) in [6, 6.07) is 12.0. The van der Waals surface area contributed by atoms with Gasteiger partial charge in [0.2, 0.25) is 0 Å². The smallest absolute Gasteiger partial charge is 0.387 e. The molecule has 0 aliphatic rings. The molecule has 3 aromatic rings. The first-order chi connectivity index (χ1) is 14.0. The van der Waals surface area contributed by atoms with Crippen molar-refractivity contribution in [2.45, 2.75) is 27.0 Å². The lowest BCUT2D eigenvalue weighted by molar-refractivity contribution is -0.0514. The van der Waals surface area contributed by atoms with Crippen molar-refractivity contribution in [2.24, 2.45) is 0 Å². The highest BCUT2D eigenvalue weighted by Crippen LogP contribution is 2.30. The summed E-state index contributed by atoms with van der Waals surface area (Å²) >= 11 is 0. The highest BCUT2D eigenvalue weighted by Gasteiger charge is 2.15. The Morgan fingerprint density at radius 3 is 2.72 bits per heavy atom. The Labute approximate surface area is 167 Å². The third-order valence-corrected chi connectivity index (χ3v) is 4.21. The Balaban J connectivity index is 1.71. The third-order valence-electron chi connectivity index (χ3n) is 4.21. The lowest BCUT2D eigenvalue weighted by Gasteiger charge is -2.12. The van der Waals surface area contributed by atoms with Gasteiger partial charge in [0, 0.05) is 11.8 Å². The average molecular weight is 401 g/mol. The van der Waals surface area contributed by atoms with Crippen LogP contribution < -0.4 is 14.8 Å². The second-order valence-electron chi connectivity index (χ2n) is 6.28. The van der Waals surface area contributed by atoms with Gasteiger partial charge in [0.15, 0.2) is 11.5 Å². The quantitative estimate of drug-likeness (QED) is 0.604. The molecular weight excluding hydrogens is 380 g/mol. The number of nitrogens with zero attached hydrogens (tertiary/aromatic N) is 2. The van der Waals surface area contributed by atoms with Crippen LogP contribution in [0.1, 0.15) is 28.4 Å². The zero-order valence-electron chi connectivity index (χ0n) is 16.1. The van der Waals surface area contributed by atoms with E-state index >= 15 is 0 Å². The molecule has 0 atom stereocenters. The lowest BCUT2D eigenvalue weighted by atomic mass is 10.1. The monoisotopic (exact) mass is 401 g/mol. The maximum absolute atomic E-state index is 12.5. The Kier molecular flexibility index (Phi) is 6.43. The standard InChI is InChI=1S/C21H21F2N3O3/c1-3-28-19-10-15(8-9-18(19)29-21(22)23)20(27)25-17-11-24-26(13-17)12-16-7-5-4-6-14(16)2/h4-11,13,21H,3,12H2,1-2H3,(H,25,27). The highest BCUT2D eigenvalue weighted by atomic mass is 19.3. The Morgan fingerprint density at radius 2 is 2.00 bits per heavy atom. The molecule has 8 heteroatoms. The van der Waals surface area contributed by atoms with Crippen LogP contribution in [0.4, 0.5) is 14.5 Å². The van der Waals surface area contributed by atoms with Crippen molar-refractivity contribution in [2.75, 3.05) is 11.9 Å². The number of rotatable bonds is 8. The van der Waals surface area contributed by atoms with Gasteiger partial charge in [-0.15, -0.1) is 0 Å². The number of carbonyl (C=O) groups is 1. The number of aryl methyl sites for hydroxylation is 1. The van der Waals surface area contributed by atoms with Crippen LogP contribution in [0.15, 0.2) is 54.9 Å². The molecule has 0 aliphatic heterocycles. The minimum atomic E-state index is -2.98. The number of aromatic nitrogens is 2. The second-order valence-corrected chi connectivity index (χ2v) is 6.28. The molecule has 0 saturated carbocycles. The molecule has 0 radical (unpaired) electrons. The van der Waals surface area contributed by atoms with Gasteiger partial charge < -0.3 is 14.8 Å². The number of benzene rings is 2. The van der Waals surface area contributed by atoms with Crippen molar-refractivity contribution in [3.05, 3.63) is 71.5 Å². The van der Waals surface area contributed by atoms with E-state index in [-0.39, 0.29) is 23.7 Å². The van der Waals surface area contributed by atoms with Crippen LogP contribution in [0.2, 0.25) is 0 Å². The van der Waals surface area contributed by atoms with E-state index in [2.05, 4.69) is 15.2 Å². The molecule has 1 aromatic heterocycles. The SMILES string of the molecule is CCOc1cc(C(=O)Nc2cnn(Cc3ccccc3C)c2)ccc1OC(F)F. The zero-order valence-corrected chi connectivity index (χ0v) is 16.1. The Bertz CT molecular complexity index is 989. The summed E-state index contributed by atoms with van der Waals surface area (Å²) in [4.78, 5) is 12.5. The Hall–Kier alpha value is -3.42. The van der Waals surface area contributed by atoms with Gasteiger partial charge in [-0.1, -0.05) is 24.3 Å². The first-order valence-electron chi connectivity index (χ1n) is 9.06. The number of alkyl halides is 2. The first kappa shape index (κ1) is 20.3. The van der Waals surface area contributed by atoms with E-state index in [1.807, 2.05) is 31.2 Å². The van der Waals surface area contributed by atoms with E-state index in [0.29, 0.717) is 12.2 Å². The number of carbonyl (C=O) groups excluding carboxylic acids is 1. The summed E-state index contributed by atoms with van der Waals surface area (Å²) in [7, 11) is 0. The topological polar surface area (TPSA) is 65.4 Å². The summed E-state index contributed by atoms with van der Waals surface area (Å²) in [6.45, 7) is 1.58. The molecule has 2 aromatic carbocycles. The van der Waals surface area contributed by atoms with Crippen molar-refractivity contribution in [3.8, 4) is 11.5 Å². The number of anilines is 1. The van der Waals surface area contributed by atoms with E-state index in [1.165, 1.54) is 18.2 Å². The predicted molar refractivity (Wildman–Crippen MR) is 105 cm³/mol. The maximum atomic E-state index is 12.5. The van der Waals surface area contributed by atoms with Crippen LogP contribution >= 0.6 is 0 Å². The van der Waals surface area contributed by atoms with Crippen molar-refractivity contribution >= 4 is 11.6 Å². The normalized spacial score (nSPS) is 10.8. The van der Waals surface area contributed by atoms with Crippen molar-refractivity contribution in [1.82, 2.24) is 9.78 Å². The van der Waals surface area contributed by atoms with Gasteiger partial charge in [0.25, 0.3) is 5.91 Å². The van der Waals surface area contributed by atoms with Crippen LogP contribution in [0.5, 0.6) is 11.5 Å². The molecule has 0 bridgehead atoms. The average Bonchev–Trinajstić information content (AvgIpc) is 3.11. The van der Waals surface area contributed by atoms with E-state index < -0.39 is 12.5 Å². The van der Waals surface area contributed by atoms with Crippen LogP contribution in [0, 0.1) is 6.92 Å². The molecule has 29 heavy (non-hydrogen) atoms. The van der Waals surface area contributed by atoms with Crippen LogP contribution in [-0.4, -0.2) is 28.9 Å². The second kappa shape index (κ2) is 9.18. The molecule has 0 fully saturated rings. The fourth-order valence-electron chi connectivity index (χ4n) is 2.79. The first-order valence-corrected chi connectivity index (χ1v) is 9.06. The molecule has 0 spiro atoms. The minimum absolute atomic E-state index is 0.0793. The lowest BCUT2D eigenvalue weighted by Crippen LogP contribution is -2.12. The highest BCUT2D eigenvalue weighted by molar-refractivity contribution is 6.04. The molecule has 6 nitrogen and oxygen atoms in total. The largest absolute Gasteiger partial charge is 0.490 e. The van der Waals surface area contributed by atoms with E-state index in [9.17, 15) is 13.6 Å². The number of hydrogen-bond donors (Lipinski definition) is 1. The fraction of sp³-hybridized carbons (Fsp3) is 0.238. The third kappa shape index (κ3) is 5.31. The van der Waals surface area contributed by atoms with Gasteiger partial charge in [0.05, 0.1) is 25.0 Å². The van der Waals surface area contributed by atoms with E-state index in [4.69, 9.17) is 4.74 Å². The van der Waals surface area contributed by atoms with E-state index in [1.54, 1.807) is 24.0 Å². The van der Waals surface area contributed by atoms with Gasteiger partial charge >= 0.3 is 6.61 Å². The molecule has 1 N–H and O–H groups in total. The summed E-state index contributed by atoms with van der Waals surface area (Å²) in [5.41, 5.74) is 3.06. The van der Waals surface area contributed by atoms with Crippen LogP contribution in [0.3, 0.4) is 0 Å². The molecule has 1 heterocycles. The van der Waals surface area contributed by atoms with Gasteiger partial charge in [-0.3, -0.25) is 9.48 Å². The van der Waals surface area contributed by atoms with Crippen LogP contribution in [-0.2, 0) is 6.54 Å². The Morgan fingerprint density at radius 1 is 1.21 bits per heavy atom. The summed E-state index contributed by atoms with van der Waals surface area (Å²) in [6.07, 6.45) is 3.27. The summed E-state index contributed by atoms with van der Waals surface area (Å²) in [5.74, 6) is -0.454. The molecule has 1 amide bonds. The van der Waals surface area contributed by atoms with E-state index in [0.717, 1.165) is 11.1 Å².